The number of nitrogens with one attached hydrogen (secondary N) is 2. The molecule has 0 bridgehead atoms. The first kappa shape index (κ1) is 22.3. The fourth-order valence-corrected chi connectivity index (χ4v) is 1.65. The predicted molar refractivity (Wildman–Crippen MR) is 89.1 cm³/mol. The second-order valence-corrected chi connectivity index (χ2v) is 4.73. The summed E-state index contributed by atoms with van der Waals surface area (Å²) in [6.45, 7) is 8.99. The van der Waals surface area contributed by atoms with Crippen molar-refractivity contribution in [3.8, 4) is 0 Å². The van der Waals surface area contributed by atoms with Crippen LogP contribution in [0.1, 0.15) is 12.8 Å². The maximum Gasteiger partial charge on any atom is 0.419 e. The molecule has 138 valence electrons. The summed E-state index contributed by atoms with van der Waals surface area (Å²) in [5.74, 6) is -2.15. The molecule has 0 spiro atoms. The summed E-state index contributed by atoms with van der Waals surface area (Å²) in [5, 5.41) is 5.86. The average molecular weight is 344 g/mol. The van der Waals surface area contributed by atoms with Crippen molar-refractivity contribution in [3.63, 3.8) is 0 Å². The maximum absolute atomic E-state index is 11.9. The van der Waals surface area contributed by atoms with Crippen LogP contribution in [0.2, 0.25) is 0 Å². The lowest BCUT2D eigenvalue weighted by Crippen LogP contribution is -2.41. The van der Waals surface area contributed by atoms with Crippen molar-refractivity contribution in [1.82, 2.24) is 10.6 Å². The highest BCUT2D eigenvalue weighted by molar-refractivity contribution is 6.29. The van der Waals surface area contributed by atoms with Crippen molar-refractivity contribution in [1.29, 1.82) is 0 Å². The molecule has 0 aromatic heterocycles. The molecule has 0 saturated heterocycles. The number of methoxy groups -OCH3 is 2. The number of carbonyl (C=O) groups is 2. The van der Waals surface area contributed by atoms with Gasteiger partial charge in [0.25, 0.3) is 0 Å². The monoisotopic (exact) mass is 344 g/mol. The molecule has 0 rings (SSSR count). The van der Waals surface area contributed by atoms with Gasteiger partial charge in [-0.1, -0.05) is 12.2 Å². The van der Waals surface area contributed by atoms with E-state index in [1.165, 1.54) is 0 Å². The molecule has 0 heterocycles. The van der Waals surface area contributed by atoms with Gasteiger partial charge in [0.1, 0.15) is 0 Å². The summed E-state index contributed by atoms with van der Waals surface area (Å²) < 4.78 is 20.0. The zero-order valence-corrected chi connectivity index (χ0v) is 14.4. The Balaban J connectivity index is 4.43. The van der Waals surface area contributed by atoms with E-state index in [2.05, 4.69) is 23.8 Å². The Labute approximate surface area is 143 Å². The summed E-state index contributed by atoms with van der Waals surface area (Å²) >= 11 is 0. The van der Waals surface area contributed by atoms with Crippen LogP contribution in [-0.2, 0) is 28.5 Å². The summed E-state index contributed by atoms with van der Waals surface area (Å²) in [6.07, 6.45) is 2.52. The molecule has 0 saturated carbocycles. The topological polar surface area (TPSA) is 95.1 Å². The van der Waals surface area contributed by atoms with E-state index >= 15 is 0 Å². The van der Waals surface area contributed by atoms with Crippen molar-refractivity contribution in [2.75, 3.05) is 40.5 Å². The Bertz CT molecular complexity index is 353. The molecule has 0 aliphatic carbocycles. The first-order valence-corrected chi connectivity index (χ1v) is 7.67. The second kappa shape index (κ2) is 14.8. The Hall–Kier alpha value is -1.74. The molecule has 0 aromatic carbocycles. The minimum absolute atomic E-state index is 0.352. The Kier molecular flexibility index (Phi) is 13.8. The van der Waals surface area contributed by atoms with Crippen LogP contribution in [0.15, 0.2) is 25.3 Å². The van der Waals surface area contributed by atoms with Crippen molar-refractivity contribution in [3.05, 3.63) is 25.3 Å². The first-order chi connectivity index (χ1) is 11.6. The molecule has 0 aromatic rings. The summed E-state index contributed by atoms with van der Waals surface area (Å²) in [4.78, 5) is 23.7. The van der Waals surface area contributed by atoms with Crippen molar-refractivity contribution in [2.45, 2.75) is 25.3 Å². The molecule has 2 N–H and O–H groups in total. The van der Waals surface area contributed by atoms with Gasteiger partial charge in [-0.05, 0) is 0 Å². The van der Waals surface area contributed by atoms with E-state index in [-0.39, 0.29) is 0 Å². The van der Waals surface area contributed by atoms with Gasteiger partial charge in [0.05, 0.1) is 13.2 Å². The molecule has 8 nitrogen and oxygen atoms in total. The Morgan fingerprint density at radius 2 is 1.25 bits per heavy atom. The highest BCUT2D eigenvalue weighted by atomic mass is 16.6. The lowest BCUT2D eigenvalue weighted by molar-refractivity contribution is -0.175. The van der Waals surface area contributed by atoms with Gasteiger partial charge in [-0.25, -0.2) is 9.59 Å². The SMILES string of the molecule is C=CCC(NCCOC)OC(=O)C(=O)OC(CC=C)NCCOC. The van der Waals surface area contributed by atoms with E-state index in [1.807, 2.05) is 0 Å². The zero-order chi connectivity index (χ0) is 18.2. The lowest BCUT2D eigenvalue weighted by atomic mass is 10.3. The van der Waals surface area contributed by atoms with E-state index in [9.17, 15) is 9.59 Å². The Morgan fingerprint density at radius 1 is 0.875 bits per heavy atom. The van der Waals surface area contributed by atoms with Crippen LogP contribution in [0.25, 0.3) is 0 Å². The normalized spacial score (nSPS) is 12.9. The van der Waals surface area contributed by atoms with Crippen molar-refractivity contribution < 1.29 is 28.5 Å². The molecule has 0 radical (unpaired) electrons. The molecule has 24 heavy (non-hydrogen) atoms. The molecular weight excluding hydrogens is 316 g/mol. The van der Waals surface area contributed by atoms with Gasteiger partial charge < -0.3 is 18.9 Å². The number of rotatable bonds is 14. The standard InChI is InChI=1S/C16H28N2O6/c1-5-7-13(17-9-11-21-3)23-15(19)16(20)24-14(8-6-2)18-10-12-22-4/h5-6,13-14,17-18H,1-2,7-12H2,3-4H3. The molecule has 2 atom stereocenters. The van der Waals surface area contributed by atoms with Crippen LogP contribution in [0.4, 0.5) is 0 Å². The highest BCUT2D eigenvalue weighted by Crippen LogP contribution is 2.01. The number of carbonyl (C=O) groups excluding carboxylic acids is 2. The van der Waals surface area contributed by atoms with E-state index in [0.29, 0.717) is 39.1 Å². The number of ether oxygens (including phenoxy) is 4. The fraction of sp³-hybridized carbons (Fsp3) is 0.625. The molecule has 0 aliphatic rings. The summed E-state index contributed by atoms with van der Waals surface area (Å²) in [5.41, 5.74) is 0. The lowest BCUT2D eigenvalue weighted by Gasteiger charge is -2.20. The Morgan fingerprint density at radius 3 is 1.54 bits per heavy atom. The molecule has 0 aliphatic heterocycles. The third-order valence-corrected chi connectivity index (χ3v) is 2.78. The molecule has 0 amide bonds. The fourth-order valence-electron chi connectivity index (χ4n) is 1.65. The van der Waals surface area contributed by atoms with Crippen LogP contribution < -0.4 is 10.6 Å². The van der Waals surface area contributed by atoms with Crippen LogP contribution >= 0.6 is 0 Å². The quantitative estimate of drug-likeness (QED) is 0.153. The smallest absolute Gasteiger partial charge is 0.419 e. The van der Waals surface area contributed by atoms with Crippen molar-refractivity contribution in [2.24, 2.45) is 0 Å². The van der Waals surface area contributed by atoms with Gasteiger partial charge in [-0.2, -0.15) is 0 Å². The van der Waals surface area contributed by atoms with E-state index < -0.39 is 24.4 Å². The van der Waals surface area contributed by atoms with Gasteiger partial charge in [-0.15, -0.1) is 13.2 Å². The third kappa shape index (κ3) is 10.9. The van der Waals surface area contributed by atoms with Crippen LogP contribution in [-0.4, -0.2) is 64.9 Å². The van der Waals surface area contributed by atoms with Gasteiger partial charge >= 0.3 is 11.9 Å². The van der Waals surface area contributed by atoms with Crippen molar-refractivity contribution >= 4 is 11.9 Å². The van der Waals surface area contributed by atoms with Gasteiger partial charge in [0, 0.05) is 40.2 Å². The zero-order valence-electron chi connectivity index (χ0n) is 14.4. The third-order valence-electron chi connectivity index (χ3n) is 2.78. The highest BCUT2D eigenvalue weighted by Gasteiger charge is 2.24. The number of hydrogen-bond donors (Lipinski definition) is 2. The van der Waals surface area contributed by atoms with Gasteiger partial charge in [0.2, 0.25) is 0 Å². The second-order valence-electron chi connectivity index (χ2n) is 4.73. The maximum atomic E-state index is 11.9. The minimum atomic E-state index is -1.07. The molecule has 0 fully saturated rings. The van der Waals surface area contributed by atoms with Crippen LogP contribution in [0.3, 0.4) is 0 Å². The molecular formula is C16H28N2O6. The summed E-state index contributed by atoms with van der Waals surface area (Å²) in [7, 11) is 3.12. The van der Waals surface area contributed by atoms with Crippen LogP contribution in [0, 0.1) is 0 Å². The largest absolute Gasteiger partial charge is 0.438 e. The van der Waals surface area contributed by atoms with Gasteiger partial charge in [0.15, 0.2) is 12.5 Å². The van der Waals surface area contributed by atoms with Crippen LogP contribution in [0.5, 0.6) is 0 Å². The number of hydrogen-bond acceptors (Lipinski definition) is 8. The predicted octanol–water partition coefficient (Wildman–Crippen LogP) is 0.349. The first-order valence-electron chi connectivity index (χ1n) is 7.67. The molecule has 2 unspecified atom stereocenters. The van der Waals surface area contributed by atoms with Gasteiger partial charge in [-0.3, -0.25) is 10.6 Å². The number of esters is 2. The van der Waals surface area contributed by atoms with E-state index in [0.717, 1.165) is 0 Å². The van der Waals surface area contributed by atoms with E-state index in [4.69, 9.17) is 18.9 Å². The minimum Gasteiger partial charge on any atom is -0.438 e. The van der Waals surface area contributed by atoms with E-state index in [1.54, 1.807) is 26.4 Å². The average Bonchev–Trinajstić information content (AvgIpc) is 2.55. The summed E-state index contributed by atoms with van der Waals surface area (Å²) in [6, 6.07) is 0. The molecule has 8 heteroatoms.